The van der Waals surface area contributed by atoms with E-state index in [1.165, 1.54) is 22.1 Å². The molecule has 7 nitrogen and oxygen atoms in total. The summed E-state index contributed by atoms with van der Waals surface area (Å²) in [4.78, 5) is 29.0. The van der Waals surface area contributed by atoms with Crippen molar-refractivity contribution < 1.29 is 9.53 Å². The number of aromatic nitrogens is 3. The van der Waals surface area contributed by atoms with Crippen molar-refractivity contribution in [3.8, 4) is 27.6 Å². The maximum atomic E-state index is 12.4. The van der Waals surface area contributed by atoms with Crippen LogP contribution in [-0.2, 0) is 6.54 Å². The summed E-state index contributed by atoms with van der Waals surface area (Å²) in [5, 5.41) is 9.73. The molecular formula is C23H20N4O3S. The fourth-order valence-electron chi connectivity index (χ4n) is 2.98. The van der Waals surface area contributed by atoms with Crippen LogP contribution in [-0.4, -0.2) is 34.3 Å². The van der Waals surface area contributed by atoms with E-state index in [-0.39, 0.29) is 24.6 Å². The molecule has 1 amide bonds. The molecule has 31 heavy (non-hydrogen) atoms. The zero-order chi connectivity index (χ0) is 21.6. The standard InChI is InChI=1S/C23H20N4O3S/c1-30-18-9-7-16(8-10-18)19-11-12-21(28)27(26-19)14-13-24-22(29)20-15-31-23(25-20)17-5-3-2-4-6-17/h2-12,15H,13-14H2,1H3,(H,24,29). The van der Waals surface area contributed by atoms with Gasteiger partial charge in [-0.1, -0.05) is 30.3 Å². The van der Waals surface area contributed by atoms with Gasteiger partial charge in [0.25, 0.3) is 11.5 Å². The molecule has 2 heterocycles. The van der Waals surface area contributed by atoms with E-state index in [0.29, 0.717) is 11.4 Å². The largest absolute Gasteiger partial charge is 0.497 e. The molecule has 4 aromatic rings. The van der Waals surface area contributed by atoms with Gasteiger partial charge in [0.2, 0.25) is 0 Å². The molecule has 4 rings (SSSR count). The minimum absolute atomic E-state index is 0.230. The molecule has 2 aromatic carbocycles. The molecule has 0 unspecified atom stereocenters. The summed E-state index contributed by atoms with van der Waals surface area (Å²) in [7, 11) is 1.61. The number of hydrogen-bond acceptors (Lipinski definition) is 6. The molecule has 0 fully saturated rings. The Morgan fingerprint density at radius 3 is 2.55 bits per heavy atom. The lowest BCUT2D eigenvalue weighted by Gasteiger charge is -2.08. The maximum absolute atomic E-state index is 12.4. The monoisotopic (exact) mass is 432 g/mol. The first-order valence-corrected chi connectivity index (χ1v) is 10.5. The highest BCUT2D eigenvalue weighted by atomic mass is 32.1. The first-order valence-electron chi connectivity index (χ1n) is 9.66. The van der Waals surface area contributed by atoms with E-state index in [1.54, 1.807) is 18.6 Å². The molecule has 0 radical (unpaired) electrons. The second-order valence-corrected chi connectivity index (χ2v) is 7.53. The Hall–Kier alpha value is -3.78. The molecule has 0 saturated heterocycles. The van der Waals surface area contributed by atoms with E-state index in [4.69, 9.17) is 4.74 Å². The second-order valence-electron chi connectivity index (χ2n) is 6.67. The van der Waals surface area contributed by atoms with Gasteiger partial charge in [-0.25, -0.2) is 9.67 Å². The summed E-state index contributed by atoms with van der Waals surface area (Å²) in [5.41, 5.74) is 2.63. The number of nitrogens with one attached hydrogen (secondary N) is 1. The number of carbonyl (C=O) groups is 1. The van der Waals surface area contributed by atoms with Crippen LogP contribution in [0.4, 0.5) is 0 Å². The lowest BCUT2D eigenvalue weighted by atomic mass is 10.1. The van der Waals surface area contributed by atoms with Crippen LogP contribution in [0.2, 0.25) is 0 Å². The summed E-state index contributed by atoms with van der Waals surface area (Å²) in [6, 6.07) is 20.3. The highest BCUT2D eigenvalue weighted by Crippen LogP contribution is 2.23. The summed E-state index contributed by atoms with van der Waals surface area (Å²) in [6.45, 7) is 0.514. The Morgan fingerprint density at radius 1 is 1.03 bits per heavy atom. The Morgan fingerprint density at radius 2 is 1.81 bits per heavy atom. The van der Waals surface area contributed by atoms with Gasteiger partial charge in [0.15, 0.2) is 0 Å². The zero-order valence-electron chi connectivity index (χ0n) is 16.8. The van der Waals surface area contributed by atoms with Crippen LogP contribution in [0.5, 0.6) is 5.75 Å². The Balaban J connectivity index is 1.39. The summed E-state index contributed by atoms with van der Waals surface area (Å²) >= 11 is 1.42. The molecule has 0 aliphatic rings. The van der Waals surface area contributed by atoms with Crippen LogP contribution in [0.25, 0.3) is 21.8 Å². The van der Waals surface area contributed by atoms with E-state index >= 15 is 0 Å². The molecule has 0 saturated carbocycles. The average Bonchev–Trinajstić information content (AvgIpc) is 3.31. The van der Waals surface area contributed by atoms with Crippen LogP contribution in [0.1, 0.15) is 10.5 Å². The number of carbonyl (C=O) groups excluding carboxylic acids is 1. The lowest BCUT2D eigenvalue weighted by molar-refractivity contribution is 0.0947. The zero-order valence-corrected chi connectivity index (χ0v) is 17.6. The minimum atomic E-state index is -0.280. The molecule has 8 heteroatoms. The Labute approximate surface area is 183 Å². The number of hydrogen-bond donors (Lipinski definition) is 1. The second kappa shape index (κ2) is 9.36. The van der Waals surface area contributed by atoms with Crippen molar-refractivity contribution in [3.05, 3.63) is 88.2 Å². The van der Waals surface area contributed by atoms with Gasteiger partial charge in [0.05, 0.1) is 19.3 Å². The number of amides is 1. The number of benzene rings is 2. The predicted octanol–water partition coefficient (Wildman–Crippen LogP) is 3.47. The van der Waals surface area contributed by atoms with Crippen LogP contribution >= 0.6 is 11.3 Å². The smallest absolute Gasteiger partial charge is 0.270 e. The van der Waals surface area contributed by atoms with Gasteiger partial charge in [-0.3, -0.25) is 9.59 Å². The van der Waals surface area contributed by atoms with Crippen LogP contribution < -0.4 is 15.6 Å². The fourth-order valence-corrected chi connectivity index (χ4v) is 3.79. The third-order valence-corrected chi connectivity index (χ3v) is 5.51. The number of thiazole rings is 1. The summed E-state index contributed by atoms with van der Waals surface area (Å²) in [6.07, 6.45) is 0. The van der Waals surface area contributed by atoms with E-state index in [0.717, 1.165) is 21.9 Å². The molecule has 2 aromatic heterocycles. The Kier molecular flexibility index (Phi) is 6.18. The minimum Gasteiger partial charge on any atom is -0.497 e. The van der Waals surface area contributed by atoms with Crippen molar-refractivity contribution in [2.24, 2.45) is 0 Å². The molecule has 0 atom stereocenters. The third-order valence-electron chi connectivity index (χ3n) is 4.62. The van der Waals surface area contributed by atoms with E-state index < -0.39 is 0 Å². The van der Waals surface area contributed by atoms with Crippen LogP contribution in [0.3, 0.4) is 0 Å². The van der Waals surface area contributed by atoms with Gasteiger partial charge in [-0.05, 0) is 30.3 Å². The quantitative estimate of drug-likeness (QED) is 0.483. The van der Waals surface area contributed by atoms with Gasteiger partial charge in [-0.2, -0.15) is 5.10 Å². The van der Waals surface area contributed by atoms with Gasteiger partial charge >= 0.3 is 0 Å². The number of rotatable bonds is 7. The molecule has 0 aliphatic heterocycles. The normalized spacial score (nSPS) is 10.6. The van der Waals surface area contributed by atoms with Gasteiger partial charge in [0.1, 0.15) is 16.5 Å². The average molecular weight is 433 g/mol. The summed E-state index contributed by atoms with van der Waals surface area (Å²) < 4.78 is 6.51. The van der Waals surface area contributed by atoms with Crippen molar-refractivity contribution in [1.82, 2.24) is 20.1 Å². The highest BCUT2D eigenvalue weighted by Gasteiger charge is 2.12. The first-order chi connectivity index (χ1) is 15.1. The van der Waals surface area contributed by atoms with Gasteiger partial charge < -0.3 is 10.1 Å². The first kappa shape index (κ1) is 20.5. The fraction of sp³-hybridized carbons (Fsp3) is 0.130. The molecule has 0 spiro atoms. The van der Waals surface area contributed by atoms with Crippen LogP contribution in [0, 0.1) is 0 Å². The Bertz CT molecular complexity index is 1230. The highest BCUT2D eigenvalue weighted by molar-refractivity contribution is 7.13. The van der Waals surface area contributed by atoms with E-state index in [1.807, 2.05) is 54.6 Å². The van der Waals surface area contributed by atoms with Gasteiger partial charge in [0, 0.05) is 29.1 Å². The van der Waals surface area contributed by atoms with Crippen LogP contribution in [0.15, 0.2) is 76.9 Å². The predicted molar refractivity (Wildman–Crippen MR) is 120 cm³/mol. The maximum Gasteiger partial charge on any atom is 0.270 e. The van der Waals surface area contributed by atoms with Crippen molar-refractivity contribution in [1.29, 1.82) is 0 Å². The van der Waals surface area contributed by atoms with Crippen molar-refractivity contribution >= 4 is 17.2 Å². The van der Waals surface area contributed by atoms with Crippen molar-refractivity contribution in [2.45, 2.75) is 6.54 Å². The number of nitrogens with zero attached hydrogens (tertiary/aromatic N) is 3. The lowest BCUT2D eigenvalue weighted by Crippen LogP contribution is -2.32. The SMILES string of the molecule is COc1ccc(-c2ccc(=O)n(CCNC(=O)c3csc(-c4ccccc4)n3)n2)cc1. The molecule has 156 valence electrons. The topological polar surface area (TPSA) is 86.1 Å². The number of methoxy groups -OCH3 is 1. The van der Waals surface area contributed by atoms with Crippen molar-refractivity contribution in [2.75, 3.05) is 13.7 Å². The van der Waals surface area contributed by atoms with E-state index in [2.05, 4.69) is 15.4 Å². The number of ether oxygens (including phenoxy) is 1. The summed E-state index contributed by atoms with van der Waals surface area (Å²) in [5.74, 6) is 0.468. The van der Waals surface area contributed by atoms with E-state index in [9.17, 15) is 9.59 Å². The molecular weight excluding hydrogens is 412 g/mol. The molecule has 1 N–H and O–H groups in total. The van der Waals surface area contributed by atoms with Gasteiger partial charge in [-0.15, -0.1) is 11.3 Å². The van der Waals surface area contributed by atoms with Crippen molar-refractivity contribution in [3.63, 3.8) is 0 Å². The molecule has 0 aliphatic carbocycles. The third kappa shape index (κ3) is 4.87. The molecule has 0 bridgehead atoms.